The minimum absolute atomic E-state index is 0.297. The van der Waals surface area contributed by atoms with Crippen molar-refractivity contribution in [1.82, 2.24) is 4.98 Å². The molecule has 1 aromatic heterocycles. The monoisotopic (exact) mass is 381 g/mol. The predicted octanol–water partition coefficient (Wildman–Crippen LogP) is 4.52. The van der Waals surface area contributed by atoms with Gasteiger partial charge in [0.1, 0.15) is 5.82 Å². The van der Waals surface area contributed by atoms with Gasteiger partial charge in [0, 0.05) is 17.4 Å². The van der Waals surface area contributed by atoms with Crippen LogP contribution in [0, 0.1) is 0 Å². The van der Waals surface area contributed by atoms with Gasteiger partial charge in [-0.1, -0.05) is 23.7 Å². The van der Waals surface area contributed by atoms with E-state index in [1.165, 1.54) is 13.3 Å². The Morgan fingerprint density at radius 1 is 1.00 bits per heavy atom. The molecule has 6 nitrogen and oxygen atoms in total. The fourth-order valence-corrected chi connectivity index (χ4v) is 2.54. The molecule has 0 aliphatic carbocycles. The summed E-state index contributed by atoms with van der Waals surface area (Å²) in [6.07, 6.45) is 1.53. The van der Waals surface area contributed by atoms with Crippen molar-refractivity contribution >= 4 is 40.7 Å². The molecule has 0 bridgehead atoms. The summed E-state index contributed by atoms with van der Waals surface area (Å²) in [5, 5.41) is 6.32. The number of nitrogens with zero attached hydrogens (tertiary/aromatic N) is 1. The van der Waals surface area contributed by atoms with Gasteiger partial charge in [-0.2, -0.15) is 0 Å². The molecule has 136 valence electrons. The van der Waals surface area contributed by atoms with Crippen LogP contribution in [0.3, 0.4) is 0 Å². The molecule has 0 atom stereocenters. The zero-order valence-electron chi connectivity index (χ0n) is 14.4. The maximum Gasteiger partial charge on any atom is 0.337 e. The number of esters is 1. The summed E-state index contributed by atoms with van der Waals surface area (Å²) < 4.78 is 4.67. The van der Waals surface area contributed by atoms with Gasteiger partial charge >= 0.3 is 5.97 Å². The van der Waals surface area contributed by atoms with Crippen LogP contribution >= 0.6 is 11.6 Å². The van der Waals surface area contributed by atoms with Crippen LogP contribution in [0.2, 0.25) is 5.02 Å². The first kappa shape index (κ1) is 18.4. The lowest BCUT2D eigenvalue weighted by molar-refractivity contribution is 0.0600. The molecule has 1 heterocycles. The first-order valence-electron chi connectivity index (χ1n) is 8.04. The van der Waals surface area contributed by atoms with E-state index < -0.39 is 5.97 Å². The number of nitrogens with one attached hydrogen (secondary N) is 2. The van der Waals surface area contributed by atoms with E-state index in [2.05, 4.69) is 20.4 Å². The third-order valence-corrected chi connectivity index (χ3v) is 4.05. The Hall–Kier alpha value is -3.38. The highest BCUT2D eigenvalue weighted by Crippen LogP contribution is 2.22. The summed E-state index contributed by atoms with van der Waals surface area (Å²) in [5.74, 6) is -0.208. The number of carbonyl (C=O) groups is 2. The molecule has 2 N–H and O–H groups in total. The number of hydrogen-bond donors (Lipinski definition) is 2. The summed E-state index contributed by atoms with van der Waals surface area (Å²) in [5.41, 5.74) is 2.13. The number of hydrogen-bond acceptors (Lipinski definition) is 5. The quantitative estimate of drug-likeness (QED) is 0.635. The summed E-state index contributed by atoms with van der Waals surface area (Å²) >= 11 is 6.07. The molecule has 0 spiro atoms. The van der Waals surface area contributed by atoms with Crippen molar-refractivity contribution in [3.8, 4) is 0 Å². The summed E-state index contributed by atoms with van der Waals surface area (Å²) in [6, 6.07) is 17.0. The SMILES string of the molecule is COC(=O)c1ccc(Nc2cc(C(=O)Nc3ccccc3Cl)ccn2)cc1. The maximum atomic E-state index is 12.4. The van der Waals surface area contributed by atoms with Crippen LogP contribution in [-0.2, 0) is 4.74 Å². The van der Waals surface area contributed by atoms with Gasteiger partial charge in [-0.15, -0.1) is 0 Å². The van der Waals surface area contributed by atoms with Crippen molar-refractivity contribution in [2.45, 2.75) is 0 Å². The lowest BCUT2D eigenvalue weighted by Crippen LogP contribution is -2.12. The van der Waals surface area contributed by atoms with Crippen LogP contribution in [0.4, 0.5) is 17.2 Å². The number of aromatic nitrogens is 1. The number of halogens is 1. The topological polar surface area (TPSA) is 80.3 Å². The molecule has 3 rings (SSSR count). The number of benzene rings is 2. The molecule has 0 unspecified atom stereocenters. The smallest absolute Gasteiger partial charge is 0.337 e. The van der Waals surface area contributed by atoms with E-state index in [9.17, 15) is 9.59 Å². The summed E-state index contributed by atoms with van der Waals surface area (Å²) in [6.45, 7) is 0. The Kier molecular flexibility index (Phi) is 5.68. The third kappa shape index (κ3) is 4.62. The van der Waals surface area contributed by atoms with Gasteiger partial charge in [-0.05, 0) is 48.5 Å². The third-order valence-electron chi connectivity index (χ3n) is 3.72. The van der Waals surface area contributed by atoms with E-state index in [0.29, 0.717) is 27.7 Å². The number of rotatable bonds is 5. The molecule has 2 aromatic carbocycles. The zero-order valence-corrected chi connectivity index (χ0v) is 15.2. The zero-order chi connectivity index (χ0) is 19.2. The minimum Gasteiger partial charge on any atom is -0.465 e. The van der Waals surface area contributed by atoms with Crippen LogP contribution in [0.15, 0.2) is 66.9 Å². The van der Waals surface area contributed by atoms with Gasteiger partial charge in [0.05, 0.1) is 23.4 Å². The molecule has 0 aliphatic heterocycles. The van der Waals surface area contributed by atoms with Gasteiger partial charge < -0.3 is 15.4 Å². The second-order valence-electron chi connectivity index (χ2n) is 5.56. The molecule has 0 fully saturated rings. The number of ether oxygens (including phenoxy) is 1. The molecular formula is C20H16ClN3O3. The van der Waals surface area contributed by atoms with Crippen LogP contribution in [-0.4, -0.2) is 24.0 Å². The standard InChI is InChI=1S/C20H16ClN3O3/c1-27-20(26)13-6-8-15(9-7-13)23-18-12-14(10-11-22-18)19(25)24-17-5-3-2-4-16(17)21/h2-12H,1H3,(H,22,23)(H,24,25). The molecule has 27 heavy (non-hydrogen) atoms. The van der Waals surface area contributed by atoms with Crippen molar-refractivity contribution < 1.29 is 14.3 Å². The Labute approximate surface area is 161 Å². The fourth-order valence-electron chi connectivity index (χ4n) is 2.35. The second kappa shape index (κ2) is 8.33. The van der Waals surface area contributed by atoms with E-state index in [1.54, 1.807) is 60.7 Å². The number of methoxy groups -OCH3 is 1. The van der Waals surface area contributed by atoms with Crippen molar-refractivity contribution in [2.24, 2.45) is 0 Å². The molecule has 3 aromatic rings. The maximum absolute atomic E-state index is 12.4. The lowest BCUT2D eigenvalue weighted by Gasteiger charge is -2.09. The van der Waals surface area contributed by atoms with Crippen LogP contribution < -0.4 is 10.6 Å². The van der Waals surface area contributed by atoms with E-state index in [1.807, 2.05) is 0 Å². The highest BCUT2D eigenvalue weighted by atomic mass is 35.5. The predicted molar refractivity (Wildman–Crippen MR) is 105 cm³/mol. The minimum atomic E-state index is -0.405. The Bertz CT molecular complexity index is 974. The number of pyridine rings is 1. The van der Waals surface area contributed by atoms with Gasteiger partial charge in [-0.25, -0.2) is 9.78 Å². The highest BCUT2D eigenvalue weighted by Gasteiger charge is 2.10. The van der Waals surface area contributed by atoms with Crippen molar-refractivity contribution in [1.29, 1.82) is 0 Å². The normalized spacial score (nSPS) is 10.1. The van der Waals surface area contributed by atoms with Gasteiger partial charge in [0.15, 0.2) is 0 Å². The number of amides is 1. The molecule has 0 saturated heterocycles. The van der Waals surface area contributed by atoms with E-state index in [-0.39, 0.29) is 5.91 Å². The average molecular weight is 382 g/mol. The van der Waals surface area contributed by atoms with E-state index in [4.69, 9.17) is 11.6 Å². The van der Waals surface area contributed by atoms with Crippen LogP contribution in [0.25, 0.3) is 0 Å². The van der Waals surface area contributed by atoms with Crippen molar-refractivity contribution in [3.05, 3.63) is 83.0 Å². The molecule has 0 aliphatic rings. The fraction of sp³-hybridized carbons (Fsp3) is 0.0500. The number of carbonyl (C=O) groups excluding carboxylic acids is 2. The first-order chi connectivity index (χ1) is 13.1. The van der Waals surface area contributed by atoms with Crippen molar-refractivity contribution in [3.63, 3.8) is 0 Å². The Morgan fingerprint density at radius 3 is 2.44 bits per heavy atom. The first-order valence-corrected chi connectivity index (χ1v) is 8.42. The van der Waals surface area contributed by atoms with Gasteiger partial charge in [-0.3, -0.25) is 4.79 Å². The van der Waals surface area contributed by atoms with E-state index >= 15 is 0 Å². The Balaban J connectivity index is 1.72. The summed E-state index contributed by atoms with van der Waals surface area (Å²) in [4.78, 5) is 28.1. The average Bonchev–Trinajstić information content (AvgIpc) is 2.70. The van der Waals surface area contributed by atoms with Crippen LogP contribution in [0.1, 0.15) is 20.7 Å². The Morgan fingerprint density at radius 2 is 1.74 bits per heavy atom. The largest absolute Gasteiger partial charge is 0.465 e. The molecule has 0 saturated carbocycles. The second-order valence-corrected chi connectivity index (χ2v) is 5.96. The molecule has 1 amide bonds. The van der Waals surface area contributed by atoms with Gasteiger partial charge in [0.2, 0.25) is 0 Å². The molecular weight excluding hydrogens is 366 g/mol. The summed E-state index contributed by atoms with van der Waals surface area (Å²) in [7, 11) is 1.33. The molecule has 7 heteroatoms. The lowest BCUT2D eigenvalue weighted by atomic mass is 10.2. The van der Waals surface area contributed by atoms with E-state index in [0.717, 1.165) is 5.69 Å². The van der Waals surface area contributed by atoms with Gasteiger partial charge in [0.25, 0.3) is 5.91 Å². The number of anilines is 3. The van der Waals surface area contributed by atoms with Crippen molar-refractivity contribution in [2.75, 3.05) is 17.7 Å². The number of para-hydroxylation sites is 1. The molecule has 0 radical (unpaired) electrons. The highest BCUT2D eigenvalue weighted by molar-refractivity contribution is 6.33. The van der Waals surface area contributed by atoms with Crippen LogP contribution in [0.5, 0.6) is 0 Å².